The summed E-state index contributed by atoms with van der Waals surface area (Å²) >= 11 is 9.29. The first-order valence-electron chi connectivity index (χ1n) is 6.59. The fourth-order valence-electron chi connectivity index (χ4n) is 2.30. The molecule has 1 aliphatic rings. The van der Waals surface area contributed by atoms with Crippen molar-refractivity contribution < 1.29 is 19.4 Å². The molecule has 21 heavy (non-hydrogen) atoms. The van der Waals surface area contributed by atoms with Gasteiger partial charge in [0.25, 0.3) is 5.91 Å². The van der Waals surface area contributed by atoms with Crippen LogP contribution in [0.1, 0.15) is 19.3 Å². The summed E-state index contributed by atoms with van der Waals surface area (Å²) in [5.74, 6) is -0.900. The van der Waals surface area contributed by atoms with Gasteiger partial charge in [-0.1, -0.05) is 27.5 Å². The molecule has 0 bridgehead atoms. The molecule has 1 N–H and O–H groups in total. The number of piperidine rings is 1. The van der Waals surface area contributed by atoms with Crippen molar-refractivity contribution in [3.05, 3.63) is 27.7 Å². The van der Waals surface area contributed by atoms with Crippen molar-refractivity contribution in [3.8, 4) is 5.75 Å². The van der Waals surface area contributed by atoms with E-state index in [1.54, 1.807) is 18.2 Å². The Labute approximate surface area is 136 Å². The van der Waals surface area contributed by atoms with Crippen molar-refractivity contribution in [3.63, 3.8) is 0 Å². The number of amides is 1. The zero-order chi connectivity index (χ0) is 15.4. The highest BCUT2D eigenvalue weighted by Gasteiger charge is 2.32. The van der Waals surface area contributed by atoms with E-state index in [2.05, 4.69) is 15.9 Å². The minimum atomic E-state index is -0.968. The van der Waals surface area contributed by atoms with Crippen molar-refractivity contribution >= 4 is 39.4 Å². The van der Waals surface area contributed by atoms with Crippen molar-refractivity contribution in [1.29, 1.82) is 0 Å². The number of nitrogens with zero attached hydrogens (tertiary/aromatic N) is 1. The van der Waals surface area contributed by atoms with E-state index in [9.17, 15) is 9.59 Å². The molecular weight excluding hydrogens is 362 g/mol. The highest BCUT2D eigenvalue weighted by atomic mass is 79.9. The van der Waals surface area contributed by atoms with Crippen LogP contribution in [0.4, 0.5) is 0 Å². The number of carbonyl (C=O) groups is 2. The summed E-state index contributed by atoms with van der Waals surface area (Å²) < 4.78 is 6.21. The van der Waals surface area contributed by atoms with Gasteiger partial charge in [-0.15, -0.1) is 0 Å². The van der Waals surface area contributed by atoms with Crippen LogP contribution in [0.25, 0.3) is 0 Å². The number of carboxylic acids is 1. The van der Waals surface area contributed by atoms with Crippen LogP contribution in [0, 0.1) is 0 Å². The van der Waals surface area contributed by atoms with Gasteiger partial charge in [-0.2, -0.15) is 0 Å². The van der Waals surface area contributed by atoms with Crippen LogP contribution >= 0.6 is 27.5 Å². The molecule has 0 saturated carbocycles. The molecule has 1 aromatic carbocycles. The van der Waals surface area contributed by atoms with Crippen LogP contribution in [0.5, 0.6) is 5.75 Å². The van der Waals surface area contributed by atoms with Crippen LogP contribution in [-0.4, -0.2) is 41.1 Å². The van der Waals surface area contributed by atoms with Gasteiger partial charge in [-0.05, 0) is 37.5 Å². The summed E-state index contributed by atoms with van der Waals surface area (Å²) in [7, 11) is 0. The second kappa shape index (κ2) is 7.13. The third-order valence-electron chi connectivity index (χ3n) is 3.35. The Kier molecular flexibility index (Phi) is 5.47. The minimum Gasteiger partial charge on any atom is -0.482 e. The number of carboxylic acid groups (broad SMARTS) is 1. The van der Waals surface area contributed by atoms with E-state index in [1.807, 2.05) is 0 Å². The monoisotopic (exact) mass is 375 g/mol. The second-order valence-electron chi connectivity index (χ2n) is 4.80. The summed E-state index contributed by atoms with van der Waals surface area (Å²) in [6.07, 6.45) is 2.12. The molecule has 0 aromatic heterocycles. The van der Waals surface area contributed by atoms with Crippen molar-refractivity contribution in [2.24, 2.45) is 0 Å². The van der Waals surface area contributed by atoms with E-state index >= 15 is 0 Å². The van der Waals surface area contributed by atoms with Gasteiger partial charge in [-0.3, -0.25) is 4.79 Å². The molecule has 1 saturated heterocycles. The van der Waals surface area contributed by atoms with Gasteiger partial charge in [0, 0.05) is 11.0 Å². The minimum absolute atomic E-state index is 0.217. The number of likely N-dealkylation sites (tertiary alicyclic amines) is 1. The first-order chi connectivity index (χ1) is 9.99. The lowest BCUT2D eigenvalue weighted by Gasteiger charge is -2.32. The molecule has 7 heteroatoms. The number of hydrogen-bond acceptors (Lipinski definition) is 3. The van der Waals surface area contributed by atoms with Gasteiger partial charge in [0.05, 0.1) is 5.02 Å². The molecule has 1 atom stereocenters. The van der Waals surface area contributed by atoms with Crippen molar-refractivity contribution in [1.82, 2.24) is 4.90 Å². The smallest absolute Gasteiger partial charge is 0.326 e. The molecule has 1 heterocycles. The summed E-state index contributed by atoms with van der Waals surface area (Å²) in [6.45, 7) is 0.234. The number of rotatable bonds is 4. The van der Waals surface area contributed by atoms with Crippen LogP contribution in [0.3, 0.4) is 0 Å². The largest absolute Gasteiger partial charge is 0.482 e. The van der Waals surface area contributed by atoms with Crippen LogP contribution in [0.2, 0.25) is 5.02 Å². The van der Waals surface area contributed by atoms with Gasteiger partial charge in [0.2, 0.25) is 0 Å². The maximum atomic E-state index is 12.1. The number of ether oxygens (including phenoxy) is 1. The molecule has 2 rings (SSSR count). The lowest BCUT2D eigenvalue weighted by molar-refractivity contribution is -0.152. The normalized spacial score (nSPS) is 18.4. The molecule has 1 amide bonds. The van der Waals surface area contributed by atoms with E-state index in [0.717, 1.165) is 17.3 Å². The Morgan fingerprint density at radius 2 is 2.19 bits per heavy atom. The molecule has 0 radical (unpaired) electrons. The number of aliphatic carboxylic acids is 1. The number of benzene rings is 1. The predicted octanol–water partition coefficient (Wildman–Crippen LogP) is 2.95. The Bertz CT molecular complexity index is 552. The van der Waals surface area contributed by atoms with Crippen molar-refractivity contribution in [2.75, 3.05) is 13.2 Å². The standard InChI is InChI=1S/C14H15BrClNO4/c15-9-4-5-12(10(16)7-9)21-8-13(18)17-6-2-1-3-11(17)14(19)20/h4-5,7,11H,1-3,6,8H2,(H,19,20). The van der Waals surface area contributed by atoms with Gasteiger partial charge in [-0.25, -0.2) is 4.79 Å². The quantitative estimate of drug-likeness (QED) is 0.877. The molecule has 1 aromatic rings. The SMILES string of the molecule is O=C(O)C1CCCCN1C(=O)COc1ccc(Br)cc1Cl. The van der Waals surface area contributed by atoms with E-state index in [-0.39, 0.29) is 12.5 Å². The summed E-state index contributed by atoms with van der Waals surface area (Å²) in [4.78, 5) is 24.7. The molecular formula is C14H15BrClNO4. The Balaban J connectivity index is 1.98. The van der Waals surface area contributed by atoms with Gasteiger partial charge >= 0.3 is 5.97 Å². The number of carbonyl (C=O) groups excluding carboxylic acids is 1. The predicted molar refractivity (Wildman–Crippen MR) is 81.6 cm³/mol. The highest BCUT2D eigenvalue weighted by Crippen LogP contribution is 2.28. The zero-order valence-corrected chi connectivity index (χ0v) is 13.6. The Morgan fingerprint density at radius 3 is 2.86 bits per heavy atom. The fourth-order valence-corrected chi connectivity index (χ4v) is 3.03. The number of halogens is 2. The van der Waals surface area contributed by atoms with Crippen LogP contribution in [-0.2, 0) is 9.59 Å². The Morgan fingerprint density at radius 1 is 1.43 bits per heavy atom. The maximum Gasteiger partial charge on any atom is 0.326 e. The molecule has 1 unspecified atom stereocenters. The summed E-state index contributed by atoms with van der Waals surface area (Å²) in [5, 5.41) is 9.55. The Hall–Kier alpha value is -1.27. The average molecular weight is 377 g/mol. The first-order valence-corrected chi connectivity index (χ1v) is 7.76. The molecule has 1 aliphatic heterocycles. The number of hydrogen-bond donors (Lipinski definition) is 1. The van der Waals surface area contributed by atoms with Crippen molar-refractivity contribution in [2.45, 2.75) is 25.3 Å². The first kappa shape index (κ1) is 16.1. The average Bonchev–Trinajstić information content (AvgIpc) is 2.46. The lowest BCUT2D eigenvalue weighted by Crippen LogP contribution is -2.49. The summed E-state index contributed by atoms with van der Waals surface area (Å²) in [6, 6.07) is 4.33. The lowest BCUT2D eigenvalue weighted by atomic mass is 10.0. The summed E-state index contributed by atoms with van der Waals surface area (Å²) in [5.41, 5.74) is 0. The molecule has 0 spiro atoms. The van der Waals surface area contributed by atoms with Gasteiger partial charge < -0.3 is 14.7 Å². The third kappa shape index (κ3) is 4.11. The van der Waals surface area contributed by atoms with E-state index < -0.39 is 12.0 Å². The van der Waals surface area contributed by atoms with E-state index in [0.29, 0.717) is 23.7 Å². The molecule has 0 aliphatic carbocycles. The topological polar surface area (TPSA) is 66.8 Å². The highest BCUT2D eigenvalue weighted by molar-refractivity contribution is 9.10. The van der Waals surface area contributed by atoms with Gasteiger partial charge in [0.15, 0.2) is 6.61 Å². The second-order valence-corrected chi connectivity index (χ2v) is 6.12. The fraction of sp³-hybridized carbons (Fsp3) is 0.429. The molecule has 114 valence electrons. The van der Waals surface area contributed by atoms with Crippen LogP contribution < -0.4 is 4.74 Å². The van der Waals surface area contributed by atoms with Crippen LogP contribution in [0.15, 0.2) is 22.7 Å². The van der Waals surface area contributed by atoms with E-state index in [1.165, 1.54) is 4.90 Å². The maximum absolute atomic E-state index is 12.1. The van der Waals surface area contributed by atoms with E-state index in [4.69, 9.17) is 21.4 Å². The molecule has 1 fully saturated rings. The van der Waals surface area contributed by atoms with Gasteiger partial charge in [0.1, 0.15) is 11.8 Å². The third-order valence-corrected chi connectivity index (χ3v) is 4.14. The zero-order valence-electron chi connectivity index (χ0n) is 11.2. The molecule has 5 nitrogen and oxygen atoms in total.